The molecule has 0 bridgehead atoms. The fourth-order valence-electron chi connectivity index (χ4n) is 3.05. The van der Waals surface area contributed by atoms with E-state index in [4.69, 9.17) is 11.6 Å². The molecular formula is C19H23ClN4OS. The number of carbonyl (C=O) groups is 1. The zero-order valence-corrected chi connectivity index (χ0v) is 16.6. The van der Waals surface area contributed by atoms with Gasteiger partial charge in [-0.25, -0.2) is 9.97 Å². The van der Waals surface area contributed by atoms with Crippen molar-refractivity contribution in [1.82, 2.24) is 9.97 Å². The highest BCUT2D eigenvalue weighted by molar-refractivity contribution is 7.99. The Morgan fingerprint density at radius 1 is 1.42 bits per heavy atom. The van der Waals surface area contributed by atoms with Gasteiger partial charge in [-0.2, -0.15) is 0 Å². The van der Waals surface area contributed by atoms with Gasteiger partial charge in [-0.3, -0.25) is 4.79 Å². The normalized spacial score (nSPS) is 17.2. The first-order valence-corrected chi connectivity index (χ1v) is 10.1. The average molecular weight is 391 g/mol. The highest BCUT2D eigenvalue weighted by Gasteiger charge is 2.18. The molecule has 3 rings (SSSR count). The zero-order valence-electron chi connectivity index (χ0n) is 15.0. The fraction of sp³-hybridized carbons (Fsp3) is 0.421. The van der Waals surface area contributed by atoms with E-state index in [-0.39, 0.29) is 5.91 Å². The molecular weight excluding hydrogens is 368 g/mol. The topological polar surface area (TPSA) is 58.1 Å². The third kappa shape index (κ3) is 4.89. The molecule has 1 saturated heterocycles. The number of nitrogens with zero attached hydrogens (tertiary/aromatic N) is 3. The van der Waals surface area contributed by atoms with Gasteiger partial charge < -0.3 is 10.2 Å². The van der Waals surface area contributed by atoms with E-state index >= 15 is 0 Å². The van der Waals surface area contributed by atoms with E-state index in [9.17, 15) is 4.79 Å². The second-order valence-electron chi connectivity index (χ2n) is 6.66. The Morgan fingerprint density at radius 2 is 2.27 bits per heavy atom. The Labute approximate surface area is 163 Å². The summed E-state index contributed by atoms with van der Waals surface area (Å²) < 4.78 is 0. The van der Waals surface area contributed by atoms with Crippen molar-refractivity contribution >= 4 is 40.8 Å². The molecule has 1 fully saturated rings. The molecule has 7 heteroatoms. The van der Waals surface area contributed by atoms with Gasteiger partial charge >= 0.3 is 0 Å². The first kappa shape index (κ1) is 19.0. The lowest BCUT2D eigenvalue weighted by atomic mass is 10.0. The quantitative estimate of drug-likeness (QED) is 0.605. The number of rotatable bonds is 5. The number of benzene rings is 1. The molecule has 1 N–H and O–H groups in total. The summed E-state index contributed by atoms with van der Waals surface area (Å²) in [7, 11) is 0. The molecule has 1 aliphatic rings. The summed E-state index contributed by atoms with van der Waals surface area (Å²) in [4.78, 5) is 23.2. The SMILES string of the molecule is Cc1c(Cl)cccc1NC(=O)CSc1cc(N2CCC[C@H](C)C2)ncn1. The maximum atomic E-state index is 12.3. The Kier molecular flexibility index (Phi) is 6.38. The molecule has 5 nitrogen and oxygen atoms in total. The van der Waals surface area contributed by atoms with Gasteiger partial charge in [0, 0.05) is 29.9 Å². The van der Waals surface area contributed by atoms with Gasteiger partial charge in [-0.15, -0.1) is 0 Å². The fourth-order valence-corrected chi connectivity index (χ4v) is 3.88. The van der Waals surface area contributed by atoms with Gasteiger partial charge in [-0.1, -0.05) is 36.4 Å². The molecule has 0 aliphatic carbocycles. The van der Waals surface area contributed by atoms with Crippen LogP contribution in [0, 0.1) is 12.8 Å². The van der Waals surface area contributed by atoms with Crippen LogP contribution in [0.5, 0.6) is 0 Å². The van der Waals surface area contributed by atoms with E-state index in [1.165, 1.54) is 24.6 Å². The van der Waals surface area contributed by atoms with Crippen molar-refractivity contribution < 1.29 is 4.79 Å². The summed E-state index contributed by atoms with van der Waals surface area (Å²) in [5, 5.41) is 4.36. The van der Waals surface area contributed by atoms with Gasteiger partial charge in [0.25, 0.3) is 0 Å². The second-order valence-corrected chi connectivity index (χ2v) is 8.06. The molecule has 0 saturated carbocycles. The predicted molar refractivity (Wildman–Crippen MR) is 108 cm³/mol. The molecule has 2 aromatic rings. The minimum Gasteiger partial charge on any atom is -0.356 e. The lowest BCUT2D eigenvalue weighted by molar-refractivity contribution is -0.113. The van der Waals surface area contributed by atoms with E-state index < -0.39 is 0 Å². The number of amides is 1. The third-order valence-corrected chi connectivity index (χ3v) is 5.84. The highest BCUT2D eigenvalue weighted by Crippen LogP contribution is 2.25. The van der Waals surface area contributed by atoms with Crippen LogP contribution < -0.4 is 10.2 Å². The summed E-state index contributed by atoms with van der Waals surface area (Å²) in [6.07, 6.45) is 4.04. The molecule has 0 radical (unpaired) electrons. The number of halogens is 1. The van der Waals surface area contributed by atoms with Gasteiger partial charge in [0.1, 0.15) is 17.2 Å². The number of piperidine rings is 1. The summed E-state index contributed by atoms with van der Waals surface area (Å²) in [6, 6.07) is 7.46. The summed E-state index contributed by atoms with van der Waals surface area (Å²) in [6.45, 7) is 6.21. The van der Waals surface area contributed by atoms with E-state index in [2.05, 4.69) is 27.1 Å². The van der Waals surface area contributed by atoms with Crippen LogP contribution >= 0.6 is 23.4 Å². The monoisotopic (exact) mass is 390 g/mol. The molecule has 0 spiro atoms. The molecule has 1 aromatic carbocycles. The van der Waals surface area contributed by atoms with E-state index in [0.717, 1.165) is 35.2 Å². The van der Waals surface area contributed by atoms with Crippen LogP contribution in [0.2, 0.25) is 5.02 Å². The smallest absolute Gasteiger partial charge is 0.234 e. The largest absolute Gasteiger partial charge is 0.356 e. The van der Waals surface area contributed by atoms with Crippen molar-refractivity contribution in [2.24, 2.45) is 5.92 Å². The van der Waals surface area contributed by atoms with Crippen LogP contribution in [0.1, 0.15) is 25.3 Å². The lowest BCUT2D eigenvalue weighted by Gasteiger charge is -2.31. The van der Waals surface area contributed by atoms with Gasteiger partial charge in [0.15, 0.2) is 0 Å². The first-order chi connectivity index (χ1) is 12.5. The van der Waals surface area contributed by atoms with Crippen LogP contribution in [0.25, 0.3) is 0 Å². The maximum Gasteiger partial charge on any atom is 0.234 e. The Hall–Kier alpha value is -1.79. The molecule has 1 atom stereocenters. The minimum absolute atomic E-state index is 0.0767. The van der Waals surface area contributed by atoms with Gasteiger partial charge in [0.05, 0.1) is 5.75 Å². The van der Waals surface area contributed by atoms with Crippen LogP contribution in [-0.4, -0.2) is 34.7 Å². The van der Waals surface area contributed by atoms with Crippen LogP contribution in [-0.2, 0) is 4.79 Å². The van der Waals surface area contributed by atoms with Crippen molar-refractivity contribution in [3.05, 3.63) is 41.2 Å². The molecule has 2 heterocycles. The zero-order chi connectivity index (χ0) is 18.5. The molecule has 26 heavy (non-hydrogen) atoms. The minimum atomic E-state index is -0.0767. The number of hydrogen-bond acceptors (Lipinski definition) is 5. The van der Waals surface area contributed by atoms with Crippen molar-refractivity contribution in [3.63, 3.8) is 0 Å². The number of thioether (sulfide) groups is 1. The van der Waals surface area contributed by atoms with Crippen LogP contribution in [0.15, 0.2) is 35.6 Å². The Morgan fingerprint density at radius 3 is 3.08 bits per heavy atom. The lowest BCUT2D eigenvalue weighted by Crippen LogP contribution is -2.34. The standard InChI is InChI=1S/C19H23ClN4OS/c1-13-5-4-8-24(10-13)17-9-19(22-12-21-17)26-11-18(25)23-16-7-3-6-15(20)14(16)2/h3,6-7,9,12-13H,4-5,8,10-11H2,1-2H3,(H,23,25)/t13-/m0/s1. The number of aromatic nitrogens is 2. The average Bonchev–Trinajstić information content (AvgIpc) is 2.64. The van der Waals surface area contributed by atoms with E-state index in [0.29, 0.717) is 16.7 Å². The van der Waals surface area contributed by atoms with Crippen LogP contribution in [0.4, 0.5) is 11.5 Å². The van der Waals surface area contributed by atoms with Crippen molar-refractivity contribution in [3.8, 4) is 0 Å². The summed E-state index contributed by atoms with van der Waals surface area (Å²) in [5.74, 6) is 1.84. The number of nitrogens with one attached hydrogen (secondary N) is 1. The van der Waals surface area contributed by atoms with E-state index in [1.54, 1.807) is 6.33 Å². The van der Waals surface area contributed by atoms with Gasteiger partial charge in [-0.05, 0) is 43.4 Å². The molecule has 1 aromatic heterocycles. The predicted octanol–water partition coefficient (Wildman–Crippen LogP) is 4.41. The number of anilines is 2. The molecule has 0 unspecified atom stereocenters. The van der Waals surface area contributed by atoms with Crippen molar-refractivity contribution in [1.29, 1.82) is 0 Å². The Balaban J connectivity index is 1.58. The third-order valence-electron chi connectivity index (χ3n) is 4.50. The number of carbonyl (C=O) groups excluding carboxylic acids is 1. The summed E-state index contributed by atoms with van der Waals surface area (Å²) >= 11 is 7.51. The van der Waals surface area contributed by atoms with Crippen molar-refractivity contribution in [2.75, 3.05) is 29.1 Å². The van der Waals surface area contributed by atoms with Gasteiger partial charge in [0.2, 0.25) is 5.91 Å². The molecule has 138 valence electrons. The summed E-state index contributed by atoms with van der Waals surface area (Å²) in [5.41, 5.74) is 1.62. The van der Waals surface area contributed by atoms with Crippen molar-refractivity contribution in [2.45, 2.75) is 31.7 Å². The maximum absolute atomic E-state index is 12.3. The van der Waals surface area contributed by atoms with E-state index in [1.807, 2.05) is 31.2 Å². The van der Waals surface area contributed by atoms with Crippen LogP contribution in [0.3, 0.4) is 0 Å². The molecule has 1 aliphatic heterocycles. The highest BCUT2D eigenvalue weighted by atomic mass is 35.5. The molecule has 1 amide bonds. The Bertz CT molecular complexity index is 786. The first-order valence-electron chi connectivity index (χ1n) is 8.77. The second kappa shape index (κ2) is 8.73. The number of hydrogen-bond donors (Lipinski definition) is 1.